The van der Waals surface area contributed by atoms with Gasteiger partial charge in [0.1, 0.15) is 5.69 Å². The molecule has 0 aliphatic carbocycles. The zero-order chi connectivity index (χ0) is 18.7. The molecule has 0 fully saturated rings. The van der Waals surface area contributed by atoms with E-state index in [0.717, 1.165) is 11.1 Å². The number of halogens is 3. The summed E-state index contributed by atoms with van der Waals surface area (Å²) in [5, 5.41) is 12.3. The van der Waals surface area contributed by atoms with Crippen LogP contribution in [0.5, 0.6) is 0 Å². The summed E-state index contributed by atoms with van der Waals surface area (Å²) in [6.45, 7) is 1.76. The second-order valence-corrected chi connectivity index (χ2v) is 6.64. The van der Waals surface area contributed by atoms with Crippen molar-refractivity contribution in [2.75, 3.05) is 0 Å². The van der Waals surface area contributed by atoms with Crippen LogP contribution in [-0.2, 0) is 0 Å². The summed E-state index contributed by atoms with van der Waals surface area (Å²) in [5.41, 5.74) is 5.40. The molecule has 0 unspecified atom stereocenters. The molecule has 0 radical (unpaired) electrons. The Bertz CT molecular complexity index is 998. The Morgan fingerprint density at radius 3 is 2.54 bits per heavy atom. The standard InChI is InChI=1S/C18H13Cl3N4O/c1-10(12-4-2-3-5-13(12)19)22-25-18(26)17-9-16(23-24-17)11-6-7-14(20)15(21)8-11/h2-9H,1H3,(H,23,24)(H,25,26)/b22-10+. The summed E-state index contributed by atoms with van der Waals surface area (Å²) in [6, 6.07) is 14.0. The van der Waals surface area contributed by atoms with Crippen molar-refractivity contribution in [3.63, 3.8) is 0 Å². The summed E-state index contributed by atoms with van der Waals surface area (Å²) in [7, 11) is 0. The minimum absolute atomic E-state index is 0.266. The molecule has 0 aliphatic rings. The first-order valence-electron chi connectivity index (χ1n) is 7.56. The molecule has 8 heteroatoms. The fraction of sp³-hybridized carbons (Fsp3) is 0.0556. The predicted octanol–water partition coefficient (Wildman–Crippen LogP) is 5.19. The highest BCUT2D eigenvalue weighted by molar-refractivity contribution is 6.42. The summed E-state index contributed by atoms with van der Waals surface area (Å²) >= 11 is 18.0. The monoisotopic (exact) mass is 406 g/mol. The second-order valence-electron chi connectivity index (χ2n) is 5.41. The number of hydrogen-bond donors (Lipinski definition) is 2. The molecular weight excluding hydrogens is 395 g/mol. The largest absolute Gasteiger partial charge is 0.289 e. The number of H-pyrrole nitrogens is 1. The van der Waals surface area contributed by atoms with E-state index in [1.54, 1.807) is 37.3 Å². The van der Waals surface area contributed by atoms with Gasteiger partial charge in [-0.2, -0.15) is 10.2 Å². The molecule has 2 aromatic carbocycles. The third-order valence-electron chi connectivity index (χ3n) is 3.63. The Morgan fingerprint density at radius 2 is 1.81 bits per heavy atom. The van der Waals surface area contributed by atoms with Crippen molar-refractivity contribution >= 4 is 46.4 Å². The number of carbonyl (C=O) groups is 1. The van der Waals surface area contributed by atoms with Crippen LogP contribution in [0.1, 0.15) is 23.0 Å². The molecule has 5 nitrogen and oxygen atoms in total. The first-order valence-corrected chi connectivity index (χ1v) is 8.69. The van der Waals surface area contributed by atoms with Crippen molar-refractivity contribution in [1.29, 1.82) is 0 Å². The van der Waals surface area contributed by atoms with Gasteiger partial charge in [0.05, 0.1) is 21.5 Å². The molecule has 0 bridgehead atoms. The van der Waals surface area contributed by atoms with Crippen LogP contribution >= 0.6 is 34.8 Å². The number of hydrazone groups is 1. The van der Waals surface area contributed by atoms with Crippen molar-refractivity contribution in [3.05, 3.63) is 74.9 Å². The Hall–Kier alpha value is -2.34. The lowest BCUT2D eigenvalue weighted by molar-refractivity contribution is 0.0950. The molecule has 1 heterocycles. The highest BCUT2D eigenvalue weighted by Crippen LogP contribution is 2.27. The average Bonchev–Trinajstić information content (AvgIpc) is 3.12. The van der Waals surface area contributed by atoms with Crippen LogP contribution in [0, 0.1) is 0 Å². The predicted molar refractivity (Wildman–Crippen MR) is 105 cm³/mol. The van der Waals surface area contributed by atoms with Gasteiger partial charge in [0.15, 0.2) is 0 Å². The topological polar surface area (TPSA) is 70.1 Å². The van der Waals surface area contributed by atoms with Gasteiger partial charge in [-0.25, -0.2) is 5.43 Å². The number of amides is 1. The van der Waals surface area contributed by atoms with Crippen LogP contribution in [0.3, 0.4) is 0 Å². The number of rotatable bonds is 4. The van der Waals surface area contributed by atoms with E-state index in [1.807, 2.05) is 18.2 Å². The van der Waals surface area contributed by atoms with Crippen LogP contribution in [0.2, 0.25) is 15.1 Å². The van der Waals surface area contributed by atoms with Crippen LogP contribution in [-0.4, -0.2) is 21.8 Å². The van der Waals surface area contributed by atoms with Gasteiger partial charge in [-0.05, 0) is 31.2 Å². The average molecular weight is 408 g/mol. The zero-order valence-corrected chi connectivity index (χ0v) is 15.8. The van der Waals surface area contributed by atoms with Crippen molar-refractivity contribution < 1.29 is 4.79 Å². The van der Waals surface area contributed by atoms with Crippen molar-refractivity contribution in [2.24, 2.45) is 5.10 Å². The minimum Gasteiger partial charge on any atom is -0.272 e. The molecule has 0 atom stereocenters. The molecular formula is C18H13Cl3N4O. The maximum atomic E-state index is 12.3. The van der Waals surface area contributed by atoms with Gasteiger partial charge in [-0.3, -0.25) is 9.89 Å². The summed E-state index contributed by atoms with van der Waals surface area (Å²) in [5.74, 6) is -0.421. The number of aromatic nitrogens is 2. The fourth-order valence-corrected chi connectivity index (χ4v) is 2.82. The van der Waals surface area contributed by atoms with Crippen molar-refractivity contribution in [1.82, 2.24) is 15.6 Å². The molecule has 1 amide bonds. The lowest BCUT2D eigenvalue weighted by Crippen LogP contribution is -2.19. The van der Waals surface area contributed by atoms with Gasteiger partial charge < -0.3 is 0 Å². The van der Waals surface area contributed by atoms with Crippen molar-refractivity contribution in [3.8, 4) is 11.3 Å². The third-order valence-corrected chi connectivity index (χ3v) is 4.70. The first kappa shape index (κ1) is 18.5. The molecule has 0 spiro atoms. The van der Waals surface area contributed by atoms with Crippen LogP contribution in [0.25, 0.3) is 11.3 Å². The van der Waals surface area contributed by atoms with Gasteiger partial charge >= 0.3 is 0 Å². The number of aromatic amines is 1. The van der Waals surface area contributed by atoms with Crippen molar-refractivity contribution in [2.45, 2.75) is 6.92 Å². The van der Waals surface area contributed by atoms with Crippen LogP contribution in [0.15, 0.2) is 53.6 Å². The van der Waals surface area contributed by atoms with E-state index in [2.05, 4.69) is 20.7 Å². The van der Waals surface area contributed by atoms with Gasteiger partial charge in [-0.15, -0.1) is 0 Å². The lowest BCUT2D eigenvalue weighted by atomic mass is 10.1. The molecule has 2 N–H and O–H groups in total. The first-order chi connectivity index (χ1) is 12.5. The summed E-state index contributed by atoms with van der Waals surface area (Å²) < 4.78 is 0. The number of nitrogens with zero attached hydrogens (tertiary/aromatic N) is 2. The van der Waals surface area contributed by atoms with Gasteiger partial charge in [0.2, 0.25) is 0 Å². The van der Waals surface area contributed by atoms with E-state index in [0.29, 0.717) is 26.5 Å². The van der Waals surface area contributed by atoms with E-state index in [9.17, 15) is 4.79 Å². The van der Waals surface area contributed by atoms with Gasteiger partial charge in [0, 0.05) is 16.1 Å². The van der Waals surface area contributed by atoms with E-state index >= 15 is 0 Å². The Balaban J connectivity index is 1.75. The smallest absolute Gasteiger partial charge is 0.272 e. The number of nitrogens with one attached hydrogen (secondary N) is 2. The van der Waals surface area contributed by atoms with Gasteiger partial charge in [-0.1, -0.05) is 59.1 Å². The zero-order valence-electron chi connectivity index (χ0n) is 13.6. The fourth-order valence-electron chi connectivity index (χ4n) is 2.25. The van der Waals surface area contributed by atoms with E-state index in [-0.39, 0.29) is 5.69 Å². The molecule has 0 aliphatic heterocycles. The normalized spacial score (nSPS) is 11.5. The minimum atomic E-state index is -0.421. The molecule has 3 aromatic rings. The molecule has 1 aromatic heterocycles. The molecule has 0 saturated carbocycles. The van der Waals surface area contributed by atoms with E-state index in [4.69, 9.17) is 34.8 Å². The Labute approximate surface area is 165 Å². The van der Waals surface area contributed by atoms with Crippen LogP contribution in [0.4, 0.5) is 0 Å². The van der Waals surface area contributed by atoms with E-state index in [1.165, 1.54) is 0 Å². The van der Waals surface area contributed by atoms with Crippen LogP contribution < -0.4 is 5.43 Å². The molecule has 26 heavy (non-hydrogen) atoms. The quantitative estimate of drug-likeness (QED) is 0.461. The van der Waals surface area contributed by atoms with E-state index < -0.39 is 5.91 Å². The maximum Gasteiger partial charge on any atom is 0.289 e. The highest BCUT2D eigenvalue weighted by atomic mass is 35.5. The summed E-state index contributed by atoms with van der Waals surface area (Å²) in [6.07, 6.45) is 0. The highest BCUT2D eigenvalue weighted by Gasteiger charge is 2.12. The molecule has 3 rings (SSSR count). The molecule has 132 valence electrons. The second kappa shape index (κ2) is 7.91. The SMILES string of the molecule is C/C(=N\NC(=O)c1cc(-c2ccc(Cl)c(Cl)c2)n[nH]1)c1ccccc1Cl. The maximum absolute atomic E-state index is 12.3. The Morgan fingerprint density at radius 1 is 1.04 bits per heavy atom. The number of carbonyl (C=O) groups excluding carboxylic acids is 1. The third kappa shape index (κ3) is 4.07. The number of hydrogen-bond acceptors (Lipinski definition) is 3. The lowest BCUT2D eigenvalue weighted by Gasteiger charge is -2.03. The number of benzene rings is 2. The Kier molecular flexibility index (Phi) is 5.61. The molecule has 0 saturated heterocycles. The van der Waals surface area contributed by atoms with Gasteiger partial charge in [0.25, 0.3) is 5.91 Å². The summed E-state index contributed by atoms with van der Waals surface area (Å²) in [4.78, 5) is 12.3.